The molecule has 0 aromatic carbocycles. The lowest BCUT2D eigenvalue weighted by molar-refractivity contribution is 0.142. The Bertz CT molecular complexity index is 365. The number of aromatic nitrogens is 2. The number of nitrogens with two attached hydrogens (primary N) is 1. The van der Waals surface area contributed by atoms with Gasteiger partial charge in [0.15, 0.2) is 0 Å². The Balaban J connectivity index is 1.96. The summed E-state index contributed by atoms with van der Waals surface area (Å²) < 4.78 is 0. The summed E-state index contributed by atoms with van der Waals surface area (Å²) in [6, 6.07) is 1.79. The van der Waals surface area contributed by atoms with Crippen LogP contribution in [0.2, 0.25) is 0 Å². The van der Waals surface area contributed by atoms with Crippen LogP contribution in [0.25, 0.3) is 0 Å². The molecule has 1 aliphatic carbocycles. The van der Waals surface area contributed by atoms with Crippen molar-refractivity contribution in [2.24, 2.45) is 11.3 Å². The molecule has 94 valence electrons. The van der Waals surface area contributed by atoms with E-state index in [1.807, 2.05) is 0 Å². The summed E-state index contributed by atoms with van der Waals surface area (Å²) in [6.45, 7) is 0.970. The highest BCUT2D eigenvalue weighted by Crippen LogP contribution is 2.37. The third-order valence-electron chi connectivity index (χ3n) is 3.43. The van der Waals surface area contributed by atoms with Gasteiger partial charge in [0.2, 0.25) is 5.95 Å². The predicted molar refractivity (Wildman–Crippen MR) is 66.3 cm³/mol. The number of hydrazine groups is 1. The number of aliphatic hydroxyl groups is 1. The minimum Gasteiger partial charge on any atom is -0.396 e. The Morgan fingerprint density at radius 3 is 2.82 bits per heavy atom. The normalized spacial score (nSPS) is 18.0. The lowest BCUT2D eigenvalue weighted by atomic mass is 9.87. The molecule has 1 heterocycles. The molecule has 1 saturated carbocycles. The van der Waals surface area contributed by atoms with Crippen LogP contribution < -0.4 is 16.6 Å². The zero-order valence-electron chi connectivity index (χ0n) is 9.82. The van der Waals surface area contributed by atoms with Gasteiger partial charge in [0.1, 0.15) is 5.82 Å². The fourth-order valence-corrected chi connectivity index (χ4v) is 2.32. The van der Waals surface area contributed by atoms with Gasteiger partial charge in [-0.3, -0.25) is 5.43 Å². The zero-order valence-corrected chi connectivity index (χ0v) is 9.82. The molecule has 0 amide bonds. The molecule has 0 spiro atoms. The molecule has 1 aliphatic rings. The summed E-state index contributed by atoms with van der Waals surface area (Å²) in [7, 11) is 0. The molecule has 1 aromatic rings. The number of nitrogen functional groups attached to an aromatic ring is 1. The van der Waals surface area contributed by atoms with Crippen LogP contribution in [-0.2, 0) is 0 Å². The van der Waals surface area contributed by atoms with Crippen molar-refractivity contribution in [2.75, 3.05) is 23.9 Å². The molecule has 5 N–H and O–H groups in total. The Morgan fingerprint density at radius 2 is 2.18 bits per heavy atom. The molecule has 6 heteroatoms. The molecule has 1 fully saturated rings. The highest BCUT2D eigenvalue weighted by molar-refractivity contribution is 5.39. The van der Waals surface area contributed by atoms with E-state index >= 15 is 0 Å². The summed E-state index contributed by atoms with van der Waals surface area (Å²) >= 11 is 0. The van der Waals surface area contributed by atoms with Crippen LogP contribution in [0, 0.1) is 5.41 Å². The van der Waals surface area contributed by atoms with Gasteiger partial charge < -0.3 is 10.4 Å². The molecule has 1 aromatic heterocycles. The molecular formula is C11H19N5O. The lowest BCUT2D eigenvalue weighted by Crippen LogP contribution is -2.30. The second kappa shape index (κ2) is 5.29. The Hall–Kier alpha value is -1.40. The predicted octanol–water partition coefficient (Wildman–Crippen LogP) is 0.727. The first-order valence-electron chi connectivity index (χ1n) is 5.92. The largest absolute Gasteiger partial charge is 0.396 e. The van der Waals surface area contributed by atoms with Crippen LogP contribution >= 0.6 is 0 Å². The van der Waals surface area contributed by atoms with Gasteiger partial charge in [-0.15, -0.1) is 0 Å². The van der Waals surface area contributed by atoms with E-state index in [9.17, 15) is 5.11 Å². The lowest BCUT2D eigenvalue weighted by Gasteiger charge is -2.26. The Kier molecular flexibility index (Phi) is 3.75. The van der Waals surface area contributed by atoms with Crippen LogP contribution in [0.5, 0.6) is 0 Å². The Morgan fingerprint density at radius 1 is 1.41 bits per heavy atom. The number of nitrogens with one attached hydrogen (secondary N) is 2. The fourth-order valence-electron chi connectivity index (χ4n) is 2.32. The smallest absolute Gasteiger partial charge is 0.239 e. The van der Waals surface area contributed by atoms with Gasteiger partial charge in [0, 0.05) is 18.2 Å². The van der Waals surface area contributed by atoms with E-state index in [1.54, 1.807) is 12.3 Å². The maximum Gasteiger partial charge on any atom is 0.239 e. The third-order valence-corrected chi connectivity index (χ3v) is 3.43. The van der Waals surface area contributed by atoms with E-state index in [0.717, 1.165) is 25.2 Å². The van der Waals surface area contributed by atoms with Crippen molar-refractivity contribution in [3.63, 3.8) is 0 Å². The fraction of sp³-hybridized carbons (Fsp3) is 0.636. The SMILES string of the molecule is NNc1nccc(NCC2(CO)CCCC2)n1. The molecule has 0 saturated heterocycles. The average molecular weight is 237 g/mol. The van der Waals surface area contributed by atoms with Crippen molar-refractivity contribution in [2.45, 2.75) is 25.7 Å². The summed E-state index contributed by atoms with van der Waals surface area (Å²) in [6.07, 6.45) is 6.18. The van der Waals surface area contributed by atoms with Crippen LogP contribution in [-0.4, -0.2) is 28.2 Å². The van der Waals surface area contributed by atoms with Crippen LogP contribution in [0.3, 0.4) is 0 Å². The first-order valence-corrected chi connectivity index (χ1v) is 5.92. The summed E-state index contributed by atoms with van der Waals surface area (Å²) in [5.74, 6) is 6.36. The molecule has 0 atom stereocenters. The summed E-state index contributed by atoms with van der Waals surface area (Å²) in [5, 5.41) is 12.7. The van der Waals surface area contributed by atoms with Crippen molar-refractivity contribution in [1.82, 2.24) is 9.97 Å². The first-order chi connectivity index (χ1) is 8.28. The van der Waals surface area contributed by atoms with Crippen molar-refractivity contribution in [1.29, 1.82) is 0 Å². The molecule has 0 aliphatic heterocycles. The van der Waals surface area contributed by atoms with E-state index in [0.29, 0.717) is 5.95 Å². The van der Waals surface area contributed by atoms with Crippen molar-refractivity contribution in [3.05, 3.63) is 12.3 Å². The topological polar surface area (TPSA) is 96.1 Å². The second-order valence-corrected chi connectivity index (χ2v) is 4.63. The molecule has 0 radical (unpaired) electrons. The van der Waals surface area contributed by atoms with Gasteiger partial charge in [0.05, 0.1) is 6.61 Å². The van der Waals surface area contributed by atoms with Crippen molar-refractivity contribution < 1.29 is 5.11 Å². The van der Waals surface area contributed by atoms with Gasteiger partial charge in [0.25, 0.3) is 0 Å². The van der Waals surface area contributed by atoms with Gasteiger partial charge in [-0.05, 0) is 18.9 Å². The summed E-state index contributed by atoms with van der Waals surface area (Å²) in [5.41, 5.74) is 2.42. The molecule has 17 heavy (non-hydrogen) atoms. The van der Waals surface area contributed by atoms with E-state index in [4.69, 9.17) is 5.84 Å². The van der Waals surface area contributed by atoms with E-state index in [1.165, 1.54) is 12.8 Å². The van der Waals surface area contributed by atoms with Crippen LogP contribution in [0.15, 0.2) is 12.3 Å². The maximum atomic E-state index is 9.49. The number of nitrogens with zero attached hydrogens (tertiary/aromatic N) is 2. The molecular weight excluding hydrogens is 218 g/mol. The number of anilines is 2. The monoisotopic (exact) mass is 237 g/mol. The second-order valence-electron chi connectivity index (χ2n) is 4.63. The van der Waals surface area contributed by atoms with Gasteiger partial charge >= 0.3 is 0 Å². The highest BCUT2D eigenvalue weighted by atomic mass is 16.3. The average Bonchev–Trinajstić information content (AvgIpc) is 2.86. The molecule has 0 bridgehead atoms. The number of hydrogen-bond donors (Lipinski definition) is 4. The van der Waals surface area contributed by atoms with E-state index < -0.39 is 0 Å². The van der Waals surface area contributed by atoms with Gasteiger partial charge in [-0.1, -0.05) is 12.8 Å². The molecule has 0 unspecified atom stereocenters. The van der Waals surface area contributed by atoms with E-state index in [-0.39, 0.29) is 12.0 Å². The molecule has 2 rings (SSSR count). The Labute approximate surface area is 101 Å². The first kappa shape index (κ1) is 12.1. The van der Waals surface area contributed by atoms with Crippen LogP contribution in [0.4, 0.5) is 11.8 Å². The minimum absolute atomic E-state index is 0.0151. The highest BCUT2D eigenvalue weighted by Gasteiger charge is 2.32. The minimum atomic E-state index is 0.0151. The van der Waals surface area contributed by atoms with E-state index in [2.05, 4.69) is 20.7 Å². The third kappa shape index (κ3) is 2.83. The van der Waals surface area contributed by atoms with Gasteiger partial charge in [-0.25, -0.2) is 10.8 Å². The molecule has 6 nitrogen and oxygen atoms in total. The summed E-state index contributed by atoms with van der Waals surface area (Å²) in [4.78, 5) is 8.12. The number of aliphatic hydroxyl groups excluding tert-OH is 1. The van der Waals surface area contributed by atoms with Gasteiger partial charge in [-0.2, -0.15) is 4.98 Å². The maximum absolute atomic E-state index is 9.49. The van der Waals surface area contributed by atoms with Crippen molar-refractivity contribution >= 4 is 11.8 Å². The van der Waals surface area contributed by atoms with Crippen LogP contribution in [0.1, 0.15) is 25.7 Å². The number of rotatable bonds is 5. The quantitative estimate of drug-likeness (QED) is 0.445. The zero-order chi connectivity index (χ0) is 12.1. The van der Waals surface area contributed by atoms with Crippen molar-refractivity contribution in [3.8, 4) is 0 Å². The standard InChI is InChI=1S/C11H19N5O/c12-16-10-13-6-3-9(15-10)14-7-11(8-17)4-1-2-5-11/h3,6,17H,1-2,4-5,7-8,12H2,(H2,13,14,15,16). The number of hydrogen-bond acceptors (Lipinski definition) is 6.